The minimum Gasteiger partial charge on any atom is -0.327 e. The third-order valence-corrected chi connectivity index (χ3v) is 2.36. The first kappa shape index (κ1) is 9.73. The molecule has 0 fully saturated rings. The van der Waals surface area contributed by atoms with Crippen LogP contribution < -0.4 is 5.32 Å². The van der Waals surface area contributed by atoms with Gasteiger partial charge in [0.25, 0.3) is 0 Å². The van der Waals surface area contributed by atoms with Crippen LogP contribution >= 0.6 is 34.2 Å². The van der Waals surface area contributed by atoms with Crippen molar-refractivity contribution in [1.82, 2.24) is 0 Å². The standard InChI is InChI=1S/C7H4ClFINO/c8-4-1-5(9)6(10)2-7(4)11-3-12/h1-3H,(H,11,12). The second-order valence-corrected chi connectivity index (χ2v) is 3.58. The molecular weight excluding hydrogens is 295 g/mol. The predicted octanol–water partition coefficient (Wildman–Crippen LogP) is 2.65. The maximum absolute atomic E-state index is 12.8. The van der Waals surface area contributed by atoms with Gasteiger partial charge < -0.3 is 5.32 Å². The van der Waals surface area contributed by atoms with Crippen LogP contribution in [0.25, 0.3) is 0 Å². The normalized spacial score (nSPS) is 9.58. The fourth-order valence-corrected chi connectivity index (χ4v) is 1.37. The zero-order chi connectivity index (χ0) is 9.14. The van der Waals surface area contributed by atoms with Crippen molar-refractivity contribution >= 4 is 46.3 Å². The van der Waals surface area contributed by atoms with E-state index in [2.05, 4.69) is 5.32 Å². The van der Waals surface area contributed by atoms with E-state index in [0.29, 0.717) is 15.7 Å². The fourth-order valence-electron chi connectivity index (χ4n) is 0.697. The van der Waals surface area contributed by atoms with Crippen LogP contribution in [0, 0.1) is 9.39 Å². The molecule has 64 valence electrons. The number of carbonyl (C=O) groups is 1. The number of carbonyl (C=O) groups excluding carboxylic acids is 1. The minimum absolute atomic E-state index is 0.194. The van der Waals surface area contributed by atoms with E-state index < -0.39 is 5.82 Å². The summed E-state index contributed by atoms with van der Waals surface area (Å²) >= 11 is 7.43. The molecule has 5 heteroatoms. The van der Waals surface area contributed by atoms with Crippen molar-refractivity contribution < 1.29 is 9.18 Å². The Hall–Kier alpha value is -0.360. The van der Waals surface area contributed by atoms with E-state index >= 15 is 0 Å². The second-order valence-electron chi connectivity index (χ2n) is 2.01. The number of benzene rings is 1. The Morgan fingerprint density at radius 1 is 1.58 bits per heavy atom. The number of anilines is 1. The molecule has 1 rings (SSSR count). The molecule has 0 aliphatic heterocycles. The smallest absolute Gasteiger partial charge is 0.211 e. The maximum Gasteiger partial charge on any atom is 0.211 e. The molecule has 1 amide bonds. The van der Waals surface area contributed by atoms with E-state index in [1.165, 1.54) is 6.07 Å². The summed E-state index contributed by atoms with van der Waals surface area (Å²) in [5.41, 5.74) is 0.414. The van der Waals surface area contributed by atoms with E-state index in [0.717, 1.165) is 6.07 Å². The number of nitrogens with one attached hydrogen (secondary N) is 1. The lowest BCUT2D eigenvalue weighted by Crippen LogP contribution is -1.96. The largest absolute Gasteiger partial charge is 0.327 e. The van der Waals surface area contributed by atoms with Crippen LogP contribution in [0.3, 0.4) is 0 Å². The third kappa shape index (κ3) is 2.07. The number of halogens is 3. The molecule has 0 heterocycles. The van der Waals surface area contributed by atoms with Crippen LogP contribution in [-0.4, -0.2) is 6.41 Å². The van der Waals surface area contributed by atoms with Crippen LogP contribution in [0.5, 0.6) is 0 Å². The molecule has 2 nitrogen and oxygen atoms in total. The third-order valence-electron chi connectivity index (χ3n) is 1.22. The van der Waals surface area contributed by atoms with Gasteiger partial charge in [-0.3, -0.25) is 4.79 Å². The van der Waals surface area contributed by atoms with Gasteiger partial charge in [0.2, 0.25) is 6.41 Å². The van der Waals surface area contributed by atoms with Gasteiger partial charge in [-0.25, -0.2) is 4.39 Å². The molecule has 0 aromatic heterocycles. The molecule has 1 aromatic rings. The molecule has 1 N–H and O–H groups in total. The highest BCUT2D eigenvalue weighted by molar-refractivity contribution is 14.1. The molecule has 0 saturated carbocycles. The highest BCUT2D eigenvalue weighted by Crippen LogP contribution is 2.25. The second kappa shape index (κ2) is 4.04. The molecule has 0 aliphatic carbocycles. The lowest BCUT2D eigenvalue weighted by atomic mass is 10.3. The Morgan fingerprint density at radius 2 is 2.25 bits per heavy atom. The molecule has 0 bridgehead atoms. The van der Waals surface area contributed by atoms with E-state index in [9.17, 15) is 9.18 Å². The van der Waals surface area contributed by atoms with Crippen molar-refractivity contribution in [3.8, 4) is 0 Å². The van der Waals surface area contributed by atoms with Gasteiger partial charge in [0, 0.05) is 0 Å². The van der Waals surface area contributed by atoms with Crippen LogP contribution in [0.4, 0.5) is 10.1 Å². The maximum atomic E-state index is 12.8. The summed E-state index contributed by atoms with van der Waals surface area (Å²) in [6.45, 7) is 0. The predicted molar refractivity (Wildman–Crippen MR) is 53.8 cm³/mol. The summed E-state index contributed by atoms with van der Waals surface area (Å²) in [6.07, 6.45) is 0.495. The van der Waals surface area contributed by atoms with E-state index in [1.54, 1.807) is 0 Å². The van der Waals surface area contributed by atoms with Crippen molar-refractivity contribution in [2.75, 3.05) is 5.32 Å². The zero-order valence-electron chi connectivity index (χ0n) is 5.77. The Kier molecular flexibility index (Phi) is 3.28. The van der Waals surface area contributed by atoms with Gasteiger partial charge in [0.15, 0.2) is 0 Å². The van der Waals surface area contributed by atoms with E-state index in [1.807, 2.05) is 22.6 Å². The molecule has 0 saturated heterocycles. The average Bonchev–Trinajstić information content (AvgIpc) is 2.01. The Labute approximate surface area is 87.2 Å². The van der Waals surface area contributed by atoms with Crippen LogP contribution in [-0.2, 0) is 4.79 Å². The summed E-state index contributed by atoms with van der Waals surface area (Å²) in [7, 11) is 0. The quantitative estimate of drug-likeness (QED) is 0.508. The van der Waals surface area contributed by atoms with Gasteiger partial charge in [-0.05, 0) is 34.7 Å². The zero-order valence-corrected chi connectivity index (χ0v) is 8.69. The SMILES string of the molecule is O=CNc1cc(I)c(F)cc1Cl. The highest BCUT2D eigenvalue weighted by atomic mass is 127. The topological polar surface area (TPSA) is 29.1 Å². The molecule has 0 aliphatic rings. The Balaban J connectivity index is 3.13. The Bertz CT molecular complexity index is 319. The van der Waals surface area contributed by atoms with Gasteiger partial charge in [-0.2, -0.15) is 0 Å². The van der Waals surface area contributed by atoms with Crippen molar-refractivity contribution in [2.24, 2.45) is 0 Å². The summed E-state index contributed by atoms with van der Waals surface area (Å²) in [4.78, 5) is 10.1. The van der Waals surface area contributed by atoms with Crippen LogP contribution in [0.15, 0.2) is 12.1 Å². The van der Waals surface area contributed by atoms with Gasteiger partial charge in [-0.15, -0.1) is 0 Å². The van der Waals surface area contributed by atoms with E-state index in [4.69, 9.17) is 11.6 Å². The first-order valence-corrected chi connectivity index (χ1v) is 4.45. The molecule has 0 radical (unpaired) electrons. The summed E-state index contributed by atoms with van der Waals surface area (Å²) < 4.78 is 13.2. The molecule has 12 heavy (non-hydrogen) atoms. The molecule has 0 atom stereocenters. The molecular formula is C7H4ClFINO. The summed E-state index contributed by atoms with van der Waals surface area (Å²) in [6, 6.07) is 2.63. The van der Waals surface area contributed by atoms with E-state index in [-0.39, 0.29) is 5.02 Å². The number of hydrogen-bond donors (Lipinski definition) is 1. The van der Waals surface area contributed by atoms with Crippen LogP contribution in [0.1, 0.15) is 0 Å². The average molecular weight is 299 g/mol. The summed E-state index contributed by atoms with van der Waals surface area (Å²) in [5, 5.41) is 2.55. The monoisotopic (exact) mass is 299 g/mol. The summed E-state index contributed by atoms with van der Waals surface area (Å²) in [5.74, 6) is -0.392. The van der Waals surface area contributed by atoms with Crippen molar-refractivity contribution in [1.29, 1.82) is 0 Å². The number of amides is 1. The van der Waals surface area contributed by atoms with Gasteiger partial charge in [0.05, 0.1) is 14.3 Å². The van der Waals surface area contributed by atoms with Gasteiger partial charge in [0.1, 0.15) is 5.82 Å². The van der Waals surface area contributed by atoms with Crippen molar-refractivity contribution in [3.63, 3.8) is 0 Å². The molecule has 0 unspecified atom stereocenters. The van der Waals surface area contributed by atoms with Crippen molar-refractivity contribution in [2.45, 2.75) is 0 Å². The lowest BCUT2D eigenvalue weighted by Gasteiger charge is -2.02. The highest BCUT2D eigenvalue weighted by Gasteiger charge is 2.05. The molecule has 1 aromatic carbocycles. The van der Waals surface area contributed by atoms with Gasteiger partial charge >= 0.3 is 0 Å². The van der Waals surface area contributed by atoms with Crippen molar-refractivity contribution in [3.05, 3.63) is 26.5 Å². The Morgan fingerprint density at radius 3 is 2.83 bits per heavy atom. The first-order valence-electron chi connectivity index (χ1n) is 3.00. The number of rotatable bonds is 2. The first-order chi connectivity index (χ1) is 5.65. The fraction of sp³-hybridized carbons (Fsp3) is 0. The number of hydrogen-bond acceptors (Lipinski definition) is 1. The van der Waals surface area contributed by atoms with Gasteiger partial charge in [-0.1, -0.05) is 11.6 Å². The lowest BCUT2D eigenvalue weighted by molar-refractivity contribution is -0.105. The minimum atomic E-state index is -0.392. The molecule has 0 spiro atoms. The van der Waals surface area contributed by atoms with Crippen LogP contribution in [0.2, 0.25) is 5.02 Å².